The Kier molecular flexibility index (Phi) is 4.96. The van der Waals surface area contributed by atoms with Crippen molar-refractivity contribution in [3.8, 4) is 17.1 Å². The average Bonchev–Trinajstić information content (AvgIpc) is 3.41. The summed E-state index contributed by atoms with van der Waals surface area (Å²) in [5, 5.41) is 7.70. The number of methoxy groups -OCH3 is 1. The van der Waals surface area contributed by atoms with Crippen LogP contribution in [-0.2, 0) is 6.54 Å². The quantitative estimate of drug-likeness (QED) is 0.479. The highest BCUT2D eigenvalue weighted by Gasteiger charge is 2.23. The Hall–Kier alpha value is -3.95. The fourth-order valence-corrected chi connectivity index (χ4v) is 3.70. The molecule has 164 valence electrons. The van der Waals surface area contributed by atoms with E-state index in [1.807, 2.05) is 23.1 Å². The van der Waals surface area contributed by atoms with Gasteiger partial charge in [-0.2, -0.15) is 4.98 Å². The number of hydrogen-bond donors (Lipinski definition) is 1. The van der Waals surface area contributed by atoms with Crippen LogP contribution < -0.4 is 15.0 Å². The summed E-state index contributed by atoms with van der Waals surface area (Å²) in [7, 11) is 1.58. The van der Waals surface area contributed by atoms with Gasteiger partial charge in [0.1, 0.15) is 5.75 Å². The van der Waals surface area contributed by atoms with Gasteiger partial charge in [0, 0.05) is 43.5 Å². The number of nitrogens with zero attached hydrogens (tertiary/aromatic N) is 5. The summed E-state index contributed by atoms with van der Waals surface area (Å²) in [6, 6.07) is 9.36. The standard InChI is InChI=1S/C22H20F2N6O2/c1-13-25-12-20(32-13)16-6-4-14(10-19(16)31-2)26-21-27-22-29(8-3-9-30(22)28-21)15-5-7-17(23)18(24)11-15/h4-7,10-12H,3,8-9H2,1-2H3,(H,26,28). The molecule has 0 atom stereocenters. The van der Waals surface area contributed by atoms with Gasteiger partial charge in [-0.1, -0.05) is 0 Å². The predicted molar refractivity (Wildman–Crippen MR) is 115 cm³/mol. The number of aryl methyl sites for hydroxylation is 2. The molecule has 32 heavy (non-hydrogen) atoms. The van der Waals surface area contributed by atoms with Crippen molar-refractivity contribution in [1.29, 1.82) is 0 Å². The van der Waals surface area contributed by atoms with Crippen molar-refractivity contribution in [2.45, 2.75) is 19.9 Å². The number of benzene rings is 2. The number of hydrogen-bond acceptors (Lipinski definition) is 7. The Labute approximate surface area is 182 Å². The Morgan fingerprint density at radius 2 is 1.97 bits per heavy atom. The van der Waals surface area contributed by atoms with Gasteiger partial charge in [-0.15, -0.1) is 5.10 Å². The molecule has 0 bridgehead atoms. The summed E-state index contributed by atoms with van der Waals surface area (Å²) in [5.74, 6) is 0.967. The topological polar surface area (TPSA) is 81.2 Å². The zero-order valence-corrected chi connectivity index (χ0v) is 17.5. The summed E-state index contributed by atoms with van der Waals surface area (Å²) in [5.41, 5.74) is 2.03. The number of aromatic nitrogens is 4. The van der Waals surface area contributed by atoms with Crippen LogP contribution >= 0.6 is 0 Å². The van der Waals surface area contributed by atoms with Crippen molar-refractivity contribution in [2.24, 2.45) is 0 Å². The Bertz CT molecular complexity index is 1290. The summed E-state index contributed by atoms with van der Waals surface area (Å²) < 4.78 is 40.0. The van der Waals surface area contributed by atoms with Crippen molar-refractivity contribution in [3.63, 3.8) is 0 Å². The first-order valence-electron chi connectivity index (χ1n) is 10.1. The lowest BCUT2D eigenvalue weighted by atomic mass is 10.1. The van der Waals surface area contributed by atoms with Crippen LogP contribution in [0.3, 0.4) is 0 Å². The highest BCUT2D eigenvalue weighted by molar-refractivity contribution is 5.71. The first-order valence-corrected chi connectivity index (χ1v) is 10.1. The molecular weight excluding hydrogens is 418 g/mol. The van der Waals surface area contributed by atoms with Gasteiger partial charge in [-0.05, 0) is 30.7 Å². The van der Waals surface area contributed by atoms with E-state index in [2.05, 4.69) is 20.4 Å². The average molecular weight is 438 g/mol. The number of halogens is 2. The Morgan fingerprint density at radius 3 is 2.72 bits per heavy atom. The number of ether oxygens (including phenoxy) is 1. The van der Waals surface area contributed by atoms with Crippen molar-refractivity contribution in [2.75, 3.05) is 23.9 Å². The molecule has 0 fully saturated rings. The van der Waals surface area contributed by atoms with Crippen LogP contribution in [0.2, 0.25) is 0 Å². The fraction of sp³-hybridized carbons (Fsp3) is 0.227. The lowest BCUT2D eigenvalue weighted by molar-refractivity contribution is 0.414. The molecule has 1 aliphatic rings. The summed E-state index contributed by atoms with van der Waals surface area (Å²) in [4.78, 5) is 10.5. The molecule has 4 aromatic rings. The zero-order chi connectivity index (χ0) is 22.2. The molecule has 0 saturated heterocycles. The van der Waals surface area contributed by atoms with E-state index in [0.717, 1.165) is 23.7 Å². The van der Waals surface area contributed by atoms with Crippen molar-refractivity contribution in [3.05, 3.63) is 60.1 Å². The van der Waals surface area contributed by atoms with Gasteiger partial charge in [0.15, 0.2) is 23.3 Å². The third kappa shape index (κ3) is 3.64. The first kappa shape index (κ1) is 20.0. The minimum absolute atomic E-state index is 0.389. The van der Waals surface area contributed by atoms with E-state index < -0.39 is 11.6 Å². The van der Waals surface area contributed by atoms with Crippen molar-refractivity contribution >= 4 is 23.3 Å². The molecule has 1 aliphatic heterocycles. The van der Waals surface area contributed by atoms with Gasteiger partial charge in [-0.25, -0.2) is 18.4 Å². The molecule has 10 heteroatoms. The zero-order valence-electron chi connectivity index (χ0n) is 17.5. The van der Waals surface area contributed by atoms with Crippen molar-refractivity contribution < 1.29 is 17.9 Å². The van der Waals surface area contributed by atoms with Gasteiger partial charge >= 0.3 is 0 Å². The Morgan fingerprint density at radius 1 is 1.09 bits per heavy atom. The molecular formula is C22H20F2N6O2. The highest BCUT2D eigenvalue weighted by atomic mass is 19.2. The number of oxazole rings is 1. The minimum Gasteiger partial charge on any atom is -0.496 e. The second kappa shape index (κ2) is 7.95. The monoisotopic (exact) mass is 438 g/mol. The van der Waals surface area contributed by atoms with E-state index in [9.17, 15) is 8.78 Å². The molecule has 0 aliphatic carbocycles. The Balaban J connectivity index is 1.42. The molecule has 8 nitrogen and oxygen atoms in total. The van der Waals surface area contributed by atoms with Gasteiger partial charge in [0.25, 0.3) is 0 Å². The first-order chi connectivity index (χ1) is 15.5. The molecule has 5 rings (SSSR count). The molecule has 0 radical (unpaired) electrons. The van der Waals surface area contributed by atoms with Crippen LogP contribution in [0.15, 0.2) is 47.0 Å². The number of fused-ring (bicyclic) bond motifs is 1. The van der Waals surface area contributed by atoms with Gasteiger partial charge in [0.05, 0.1) is 18.9 Å². The van der Waals surface area contributed by atoms with Crippen LogP contribution in [-0.4, -0.2) is 33.4 Å². The van der Waals surface area contributed by atoms with E-state index in [1.165, 1.54) is 12.1 Å². The third-order valence-corrected chi connectivity index (χ3v) is 5.20. The smallest absolute Gasteiger partial charge is 0.248 e. The fourth-order valence-electron chi connectivity index (χ4n) is 3.70. The van der Waals surface area contributed by atoms with Gasteiger partial charge in [0.2, 0.25) is 11.9 Å². The van der Waals surface area contributed by atoms with E-state index in [1.54, 1.807) is 24.9 Å². The molecule has 0 unspecified atom stereocenters. The number of anilines is 4. The molecule has 3 heterocycles. The lowest BCUT2D eigenvalue weighted by Gasteiger charge is -2.27. The molecule has 2 aromatic heterocycles. The lowest BCUT2D eigenvalue weighted by Crippen LogP contribution is -2.28. The maximum Gasteiger partial charge on any atom is 0.248 e. The van der Waals surface area contributed by atoms with Crippen LogP contribution in [0.25, 0.3) is 11.3 Å². The van der Waals surface area contributed by atoms with E-state index in [0.29, 0.717) is 48.1 Å². The summed E-state index contributed by atoms with van der Waals surface area (Å²) in [6.45, 7) is 3.08. The van der Waals surface area contributed by atoms with Gasteiger partial charge in [-0.3, -0.25) is 0 Å². The maximum atomic E-state index is 13.8. The molecule has 1 N–H and O–H groups in total. The minimum atomic E-state index is -0.897. The largest absolute Gasteiger partial charge is 0.496 e. The van der Waals surface area contributed by atoms with Crippen LogP contribution in [0.4, 0.5) is 32.1 Å². The second-order valence-electron chi connectivity index (χ2n) is 7.35. The third-order valence-electron chi connectivity index (χ3n) is 5.20. The van der Waals surface area contributed by atoms with E-state index >= 15 is 0 Å². The van der Waals surface area contributed by atoms with Crippen LogP contribution in [0, 0.1) is 18.6 Å². The molecule has 0 saturated carbocycles. The van der Waals surface area contributed by atoms with Crippen molar-refractivity contribution in [1.82, 2.24) is 19.7 Å². The molecule has 0 amide bonds. The van der Waals surface area contributed by atoms with Gasteiger partial charge < -0.3 is 19.4 Å². The second-order valence-corrected chi connectivity index (χ2v) is 7.35. The van der Waals surface area contributed by atoms with Crippen LogP contribution in [0.5, 0.6) is 5.75 Å². The normalized spacial score (nSPS) is 13.2. The molecule has 2 aromatic carbocycles. The number of nitrogens with one attached hydrogen (secondary N) is 1. The SMILES string of the molecule is COc1cc(Nc2nc3n(n2)CCCN3c2ccc(F)c(F)c2)ccc1-c1cnc(C)o1. The summed E-state index contributed by atoms with van der Waals surface area (Å²) >= 11 is 0. The highest BCUT2D eigenvalue weighted by Crippen LogP contribution is 2.34. The molecule has 0 spiro atoms. The maximum absolute atomic E-state index is 13.8. The summed E-state index contributed by atoms with van der Waals surface area (Å²) in [6.07, 6.45) is 2.45. The van der Waals surface area contributed by atoms with E-state index in [-0.39, 0.29) is 0 Å². The number of rotatable bonds is 5. The van der Waals surface area contributed by atoms with Crippen LogP contribution in [0.1, 0.15) is 12.3 Å². The predicted octanol–water partition coefficient (Wildman–Crippen LogP) is 4.81. The van der Waals surface area contributed by atoms with E-state index in [4.69, 9.17) is 9.15 Å².